The minimum atomic E-state index is -0.600. The summed E-state index contributed by atoms with van der Waals surface area (Å²) in [6.07, 6.45) is 1.35. The second-order valence-electron chi connectivity index (χ2n) is 6.45. The van der Waals surface area contributed by atoms with E-state index in [9.17, 15) is 9.90 Å². The fourth-order valence-corrected chi connectivity index (χ4v) is 2.21. The van der Waals surface area contributed by atoms with Crippen molar-refractivity contribution in [1.29, 1.82) is 0 Å². The lowest BCUT2D eigenvalue weighted by molar-refractivity contribution is 0.0635. The van der Waals surface area contributed by atoms with E-state index in [1.54, 1.807) is 32.9 Å². The molecule has 4 N–H and O–H groups in total. The smallest absolute Gasteiger partial charge is 0.412 e. The molecule has 1 fully saturated rings. The van der Waals surface area contributed by atoms with Gasteiger partial charge in [-0.1, -0.05) is 6.07 Å². The zero-order chi connectivity index (χ0) is 15.7. The van der Waals surface area contributed by atoms with Gasteiger partial charge in [0.25, 0.3) is 0 Å². The number of carbonyl (C=O) groups is 1. The Morgan fingerprint density at radius 1 is 1.43 bits per heavy atom. The average Bonchev–Trinajstić information content (AvgIpc) is 3.11. The van der Waals surface area contributed by atoms with Crippen molar-refractivity contribution in [2.45, 2.75) is 44.6 Å². The van der Waals surface area contributed by atoms with Crippen LogP contribution in [0.2, 0.25) is 0 Å². The standard InChI is InChI=1S/C15H22N2O4/c1-14(2,3)21-13(19)17-11-5-4-10(8-12(11)18)15(6-7-15)9-20-16/h4-5,8,18H,6-7,9,16H2,1-3H3,(H,17,19). The highest BCUT2D eigenvalue weighted by atomic mass is 16.6. The number of phenolic OH excluding ortho intramolecular Hbond substituents is 1. The van der Waals surface area contributed by atoms with Gasteiger partial charge in [-0.15, -0.1) is 0 Å². The van der Waals surface area contributed by atoms with Crippen molar-refractivity contribution in [3.8, 4) is 5.75 Å². The number of amides is 1. The number of nitrogens with two attached hydrogens (primary N) is 1. The highest BCUT2D eigenvalue weighted by Crippen LogP contribution is 2.49. The first-order valence-corrected chi connectivity index (χ1v) is 6.91. The molecule has 6 nitrogen and oxygen atoms in total. The fraction of sp³-hybridized carbons (Fsp3) is 0.533. The largest absolute Gasteiger partial charge is 0.506 e. The van der Waals surface area contributed by atoms with Crippen molar-refractivity contribution >= 4 is 11.8 Å². The number of phenols is 1. The number of anilines is 1. The molecule has 0 atom stereocenters. The van der Waals surface area contributed by atoms with Crippen LogP contribution in [0, 0.1) is 0 Å². The molecule has 1 amide bonds. The zero-order valence-electron chi connectivity index (χ0n) is 12.6. The molecule has 0 heterocycles. The molecule has 1 aliphatic carbocycles. The Morgan fingerprint density at radius 3 is 2.57 bits per heavy atom. The number of rotatable bonds is 4. The van der Waals surface area contributed by atoms with Gasteiger partial charge in [0.05, 0.1) is 12.3 Å². The Labute approximate surface area is 124 Å². The number of hydrogen-bond acceptors (Lipinski definition) is 5. The molecule has 6 heteroatoms. The van der Waals surface area contributed by atoms with Gasteiger partial charge >= 0.3 is 6.09 Å². The summed E-state index contributed by atoms with van der Waals surface area (Å²) in [4.78, 5) is 16.4. The summed E-state index contributed by atoms with van der Waals surface area (Å²) in [6, 6.07) is 5.16. The van der Waals surface area contributed by atoms with Gasteiger partial charge in [-0.25, -0.2) is 10.7 Å². The van der Waals surface area contributed by atoms with Crippen molar-refractivity contribution in [3.63, 3.8) is 0 Å². The Morgan fingerprint density at radius 2 is 2.10 bits per heavy atom. The number of ether oxygens (including phenoxy) is 1. The zero-order valence-corrected chi connectivity index (χ0v) is 12.6. The van der Waals surface area contributed by atoms with E-state index in [2.05, 4.69) is 5.32 Å². The third-order valence-corrected chi connectivity index (χ3v) is 3.46. The van der Waals surface area contributed by atoms with Gasteiger partial charge in [0.2, 0.25) is 0 Å². The molecule has 0 radical (unpaired) electrons. The van der Waals surface area contributed by atoms with E-state index < -0.39 is 11.7 Å². The predicted molar refractivity (Wildman–Crippen MR) is 79.0 cm³/mol. The van der Waals surface area contributed by atoms with E-state index in [1.165, 1.54) is 0 Å². The van der Waals surface area contributed by atoms with Crippen LogP contribution < -0.4 is 11.2 Å². The van der Waals surface area contributed by atoms with E-state index >= 15 is 0 Å². The monoisotopic (exact) mass is 294 g/mol. The van der Waals surface area contributed by atoms with Crippen molar-refractivity contribution < 1.29 is 19.5 Å². The molecule has 116 valence electrons. The van der Waals surface area contributed by atoms with Crippen LogP contribution in [-0.2, 0) is 15.0 Å². The van der Waals surface area contributed by atoms with Gasteiger partial charge in [0, 0.05) is 5.41 Å². The summed E-state index contributed by atoms with van der Waals surface area (Å²) in [7, 11) is 0. The maximum atomic E-state index is 11.7. The Bertz CT molecular complexity index is 533. The van der Waals surface area contributed by atoms with Gasteiger partial charge in [-0.05, 0) is 51.3 Å². The van der Waals surface area contributed by atoms with Crippen molar-refractivity contribution in [2.24, 2.45) is 5.90 Å². The number of hydrogen-bond donors (Lipinski definition) is 3. The molecule has 0 unspecified atom stereocenters. The SMILES string of the molecule is CC(C)(C)OC(=O)Nc1ccc(C2(CON)CC2)cc1O. The molecule has 0 aliphatic heterocycles. The van der Waals surface area contributed by atoms with Crippen molar-refractivity contribution in [1.82, 2.24) is 0 Å². The van der Waals surface area contributed by atoms with Gasteiger partial charge < -0.3 is 14.7 Å². The molecule has 1 aromatic carbocycles. The molecule has 0 bridgehead atoms. The topological polar surface area (TPSA) is 93.8 Å². The molecule has 0 spiro atoms. The highest BCUT2D eigenvalue weighted by molar-refractivity contribution is 5.87. The first-order chi connectivity index (χ1) is 9.76. The number of aromatic hydroxyl groups is 1. The molecule has 1 aliphatic rings. The predicted octanol–water partition coefficient (Wildman–Crippen LogP) is 2.66. The average molecular weight is 294 g/mol. The Hall–Kier alpha value is -1.79. The van der Waals surface area contributed by atoms with Crippen LogP contribution >= 0.6 is 0 Å². The van der Waals surface area contributed by atoms with Gasteiger partial charge in [-0.3, -0.25) is 5.32 Å². The molecule has 2 rings (SSSR count). The summed E-state index contributed by atoms with van der Waals surface area (Å²) in [5.74, 6) is 5.15. The van der Waals surface area contributed by atoms with Gasteiger partial charge in [0.15, 0.2) is 0 Å². The lowest BCUT2D eigenvalue weighted by atomic mass is 9.96. The molecule has 0 aromatic heterocycles. The summed E-state index contributed by atoms with van der Waals surface area (Å²) in [5.41, 5.74) is 0.588. The van der Waals surface area contributed by atoms with Crippen LogP contribution in [0.15, 0.2) is 18.2 Å². The lowest BCUT2D eigenvalue weighted by Crippen LogP contribution is -2.27. The van der Waals surface area contributed by atoms with Crippen LogP contribution in [0.5, 0.6) is 5.75 Å². The minimum absolute atomic E-state index is 0.00153. The maximum Gasteiger partial charge on any atom is 0.412 e. The second-order valence-corrected chi connectivity index (χ2v) is 6.45. The first kappa shape index (κ1) is 15.6. The van der Waals surface area contributed by atoms with E-state index in [4.69, 9.17) is 15.5 Å². The third-order valence-electron chi connectivity index (χ3n) is 3.46. The van der Waals surface area contributed by atoms with Gasteiger partial charge in [-0.2, -0.15) is 0 Å². The lowest BCUT2D eigenvalue weighted by Gasteiger charge is -2.20. The number of carbonyl (C=O) groups excluding carboxylic acids is 1. The summed E-state index contributed by atoms with van der Waals surface area (Å²) < 4.78 is 5.15. The van der Waals surface area contributed by atoms with E-state index in [1.807, 2.05) is 6.07 Å². The molecular formula is C15H22N2O4. The third kappa shape index (κ3) is 3.86. The van der Waals surface area contributed by atoms with Crippen molar-refractivity contribution in [2.75, 3.05) is 11.9 Å². The summed E-state index contributed by atoms with van der Waals surface area (Å²) in [6.45, 7) is 5.75. The van der Waals surface area contributed by atoms with Crippen LogP contribution in [0.1, 0.15) is 39.2 Å². The van der Waals surface area contributed by atoms with Crippen molar-refractivity contribution in [3.05, 3.63) is 23.8 Å². The minimum Gasteiger partial charge on any atom is -0.506 e. The first-order valence-electron chi connectivity index (χ1n) is 6.91. The van der Waals surface area contributed by atoms with Crippen LogP contribution in [-0.4, -0.2) is 23.4 Å². The normalized spacial score (nSPS) is 16.4. The number of benzene rings is 1. The molecule has 21 heavy (non-hydrogen) atoms. The van der Waals surface area contributed by atoms with E-state index in [0.717, 1.165) is 18.4 Å². The van der Waals surface area contributed by atoms with Crippen LogP contribution in [0.4, 0.5) is 10.5 Å². The fourth-order valence-electron chi connectivity index (χ4n) is 2.21. The van der Waals surface area contributed by atoms with Crippen LogP contribution in [0.3, 0.4) is 0 Å². The van der Waals surface area contributed by atoms with Crippen LogP contribution in [0.25, 0.3) is 0 Å². The van der Waals surface area contributed by atoms with Gasteiger partial charge in [0.1, 0.15) is 11.4 Å². The maximum absolute atomic E-state index is 11.7. The number of nitrogens with one attached hydrogen (secondary N) is 1. The summed E-state index contributed by atoms with van der Waals surface area (Å²) >= 11 is 0. The molecule has 1 saturated carbocycles. The quantitative estimate of drug-likeness (QED) is 0.586. The molecule has 1 aromatic rings. The second kappa shape index (κ2) is 5.54. The van der Waals surface area contributed by atoms with E-state index in [0.29, 0.717) is 12.3 Å². The molecular weight excluding hydrogens is 272 g/mol. The highest BCUT2D eigenvalue weighted by Gasteiger charge is 2.44. The molecule has 0 saturated heterocycles. The Kier molecular flexibility index (Phi) is 4.11. The summed E-state index contributed by atoms with van der Waals surface area (Å²) in [5, 5.41) is 12.6. The Balaban J connectivity index is 2.08. The van der Waals surface area contributed by atoms with E-state index in [-0.39, 0.29) is 11.2 Å².